The molecule has 9 heteroatoms. The zero-order valence-electron chi connectivity index (χ0n) is 9.58. The van der Waals surface area contributed by atoms with Crippen molar-refractivity contribution in [3.63, 3.8) is 0 Å². The smallest absolute Gasteiger partial charge is 0.231 e. The fourth-order valence-corrected chi connectivity index (χ4v) is 1.77. The molecule has 0 fully saturated rings. The molecule has 2 aliphatic heterocycles. The van der Waals surface area contributed by atoms with E-state index in [1.165, 1.54) is 0 Å². The fourth-order valence-electron chi connectivity index (χ4n) is 1.64. The third-order valence-corrected chi connectivity index (χ3v) is 2.70. The molecule has 1 aromatic heterocycles. The van der Waals surface area contributed by atoms with Gasteiger partial charge in [-0.15, -0.1) is 0 Å². The average molecular weight is 304 g/mol. The van der Waals surface area contributed by atoms with Gasteiger partial charge in [0.05, 0.1) is 11.9 Å². The number of rotatable bonds is 2. The van der Waals surface area contributed by atoms with Crippen LogP contribution < -0.4 is 14.8 Å². The number of nitrogens with zero attached hydrogens (tertiary/aromatic N) is 2. The van der Waals surface area contributed by atoms with Gasteiger partial charge in [-0.25, -0.2) is 9.37 Å². The van der Waals surface area contributed by atoms with Gasteiger partial charge in [0.1, 0.15) is 0 Å². The van der Waals surface area contributed by atoms with E-state index >= 15 is 0 Å². The summed E-state index contributed by atoms with van der Waals surface area (Å²) < 4.78 is 50.3. The molecule has 2 bridgehead atoms. The van der Waals surface area contributed by atoms with E-state index in [1.54, 1.807) is 0 Å². The predicted molar refractivity (Wildman–Crippen MR) is 62.8 cm³/mol. The van der Waals surface area contributed by atoms with Crippen LogP contribution in [0.15, 0.2) is 12.3 Å². The molecule has 1 N–H and O–H groups in total. The Morgan fingerprint density at radius 2 is 2.00 bits per heavy atom. The number of halogens is 4. The molecule has 104 valence electrons. The van der Waals surface area contributed by atoms with E-state index in [0.29, 0.717) is 0 Å². The van der Waals surface area contributed by atoms with Crippen LogP contribution in [-0.2, 0) is 0 Å². The maximum Gasteiger partial charge on any atom is 0.231 e. The molecule has 0 saturated heterocycles. The standard InChI is InChI=1S/C11H5ClF3N3O2/c12-11-16-2-4(13)10(18-11)17-5-1-6-7(14)8(15)9(5)20-3-19-6/h1-2H,3H2,(H,16,17,18). The lowest BCUT2D eigenvalue weighted by Gasteiger charge is -2.10. The van der Waals surface area contributed by atoms with Gasteiger partial charge in [-0.2, -0.15) is 13.8 Å². The molecular weight excluding hydrogens is 299 g/mol. The van der Waals surface area contributed by atoms with Crippen molar-refractivity contribution in [1.29, 1.82) is 0 Å². The summed E-state index contributed by atoms with van der Waals surface area (Å²) in [4.78, 5) is 7.04. The molecular formula is C11H5ClF3N3O2. The third-order valence-electron chi connectivity index (χ3n) is 2.51. The monoisotopic (exact) mass is 303 g/mol. The summed E-state index contributed by atoms with van der Waals surface area (Å²) in [7, 11) is 0. The van der Waals surface area contributed by atoms with Crippen molar-refractivity contribution < 1.29 is 22.6 Å². The largest absolute Gasteiger partial charge is 0.454 e. The Balaban J connectivity index is 2.06. The third kappa shape index (κ3) is 2.07. The lowest BCUT2D eigenvalue weighted by molar-refractivity contribution is 0.123. The maximum absolute atomic E-state index is 13.7. The van der Waals surface area contributed by atoms with Gasteiger partial charge in [-0.05, 0) is 11.6 Å². The summed E-state index contributed by atoms with van der Waals surface area (Å²) >= 11 is 5.54. The molecule has 0 aliphatic carbocycles. The van der Waals surface area contributed by atoms with Gasteiger partial charge in [0, 0.05) is 6.07 Å². The summed E-state index contributed by atoms with van der Waals surface area (Å²) in [5, 5.41) is 2.26. The number of ether oxygens (including phenoxy) is 2. The minimum Gasteiger partial charge on any atom is -0.454 e. The Hall–Kier alpha value is -2.22. The second-order valence-corrected chi connectivity index (χ2v) is 4.08. The van der Waals surface area contributed by atoms with Crippen LogP contribution in [0.2, 0.25) is 5.28 Å². The van der Waals surface area contributed by atoms with E-state index < -0.39 is 23.2 Å². The lowest BCUT2D eigenvalue weighted by atomic mass is 10.2. The first-order chi connectivity index (χ1) is 9.56. The van der Waals surface area contributed by atoms with Gasteiger partial charge in [0.15, 0.2) is 23.1 Å². The molecule has 0 atom stereocenters. The first kappa shape index (κ1) is 12.8. The summed E-state index contributed by atoms with van der Waals surface area (Å²) in [6, 6.07) is 1.14. The zero-order chi connectivity index (χ0) is 14.3. The second kappa shape index (κ2) is 4.71. The highest BCUT2D eigenvalue weighted by molar-refractivity contribution is 6.28. The molecule has 4 rings (SSSR count). The Kier molecular flexibility index (Phi) is 3.01. The Morgan fingerprint density at radius 1 is 1.20 bits per heavy atom. The topological polar surface area (TPSA) is 56.3 Å². The average Bonchev–Trinajstić information content (AvgIpc) is 2.70. The predicted octanol–water partition coefficient (Wildman–Crippen LogP) is 3.02. The van der Waals surface area contributed by atoms with E-state index in [9.17, 15) is 13.2 Å². The highest BCUT2D eigenvalue weighted by Gasteiger charge is 2.25. The number of hydrogen-bond donors (Lipinski definition) is 1. The van der Waals surface area contributed by atoms with E-state index in [1.807, 2.05) is 0 Å². The first-order valence-corrected chi connectivity index (χ1v) is 5.66. The second-order valence-electron chi connectivity index (χ2n) is 3.75. The van der Waals surface area contributed by atoms with Crippen LogP contribution in [-0.4, -0.2) is 16.8 Å². The molecule has 5 nitrogen and oxygen atoms in total. The van der Waals surface area contributed by atoms with Crippen LogP contribution in [0.1, 0.15) is 0 Å². The highest BCUT2D eigenvalue weighted by Crippen LogP contribution is 2.39. The van der Waals surface area contributed by atoms with E-state index in [4.69, 9.17) is 21.1 Å². The van der Waals surface area contributed by atoms with Gasteiger partial charge >= 0.3 is 0 Å². The molecule has 2 aromatic rings. The van der Waals surface area contributed by atoms with Crippen LogP contribution in [0, 0.1) is 17.5 Å². The molecule has 0 unspecified atom stereocenters. The minimum atomic E-state index is -1.23. The van der Waals surface area contributed by atoms with E-state index in [0.717, 1.165) is 12.3 Å². The van der Waals surface area contributed by atoms with Gasteiger partial charge < -0.3 is 14.8 Å². The summed E-state index contributed by atoms with van der Waals surface area (Å²) in [5.74, 6) is -4.31. The number of aromatic nitrogens is 2. The molecule has 0 radical (unpaired) electrons. The van der Waals surface area contributed by atoms with Crippen LogP contribution in [0.4, 0.5) is 24.7 Å². The Bertz CT molecular complexity index is 699. The van der Waals surface area contributed by atoms with E-state index in [2.05, 4.69) is 15.3 Å². The van der Waals surface area contributed by atoms with E-state index in [-0.39, 0.29) is 29.3 Å². The molecule has 0 amide bonds. The normalized spacial score (nSPS) is 12.6. The SMILES string of the molecule is Fc1cnc(Cl)nc1Nc1cc2c(F)c(F)c1OCO2. The van der Waals surface area contributed by atoms with Crippen LogP contribution in [0.25, 0.3) is 0 Å². The molecule has 0 saturated carbocycles. The Morgan fingerprint density at radius 3 is 2.80 bits per heavy atom. The molecule has 20 heavy (non-hydrogen) atoms. The summed E-state index contributed by atoms with van der Waals surface area (Å²) in [6.45, 7) is -0.361. The Labute approximate surface area is 115 Å². The number of nitrogens with one attached hydrogen (secondary N) is 1. The lowest BCUT2D eigenvalue weighted by Crippen LogP contribution is -2.03. The quantitative estimate of drug-likeness (QED) is 0.864. The van der Waals surface area contributed by atoms with Gasteiger partial charge in [0.25, 0.3) is 0 Å². The number of benzene rings is 1. The number of fused-ring (bicyclic) bond motifs is 4. The summed E-state index contributed by atoms with van der Waals surface area (Å²) in [5.41, 5.74) is -0.0370. The van der Waals surface area contributed by atoms with Crippen molar-refractivity contribution in [1.82, 2.24) is 9.97 Å². The van der Waals surface area contributed by atoms with Crippen LogP contribution in [0.5, 0.6) is 11.5 Å². The van der Waals surface area contributed by atoms with Crippen molar-refractivity contribution in [2.75, 3.05) is 12.1 Å². The van der Waals surface area contributed by atoms with Gasteiger partial charge in [-0.1, -0.05) is 0 Å². The molecule has 1 aromatic carbocycles. The zero-order valence-corrected chi connectivity index (χ0v) is 10.3. The molecule has 3 heterocycles. The minimum absolute atomic E-state index is 0.0370. The fraction of sp³-hybridized carbons (Fsp3) is 0.0909. The van der Waals surface area contributed by atoms with Gasteiger partial charge in [-0.3, -0.25) is 0 Å². The van der Waals surface area contributed by atoms with Crippen molar-refractivity contribution >= 4 is 23.1 Å². The van der Waals surface area contributed by atoms with Crippen molar-refractivity contribution in [2.24, 2.45) is 0 Å². The van der Waals surface area contributed by atoms with Crippen LogP contribution >= 0.6 is 11.6 Å². The van der Waals surface area contributed by atoms with Crippen molar-refractivity contribution in [3.05, 3.63) is 35.0 Å². The number of anilines is 2. The molecule has 0 spiro atoms. The number of hydrogen-bond acceptors (Lipinski definition) is 5. The van der Waals surface area contributed by atoms with Crippen molar-refractivity contribution in [2.45, 2.75) is 0 Å². The van der Waals surface area contributed by atoms with Crippen LogP contribution in [0.3, 0.4) is 0 Å². The maximum atomic E-state index is 13.7. The highest BCUT2D eigenvalue weighted by atomic mass is 35.5. The first-order valence-electron chi connectivity index (χ1n) is 5.29. The molecule has 2 aliphatic rings. The summed E-state index contributed by atoms with van der Waals surface area (Å²) in [6.07, 6.45) is 0.842. The van der Waals surface area contributed by atoms with Gasteiger partial charge in [0.2, 0.25) is 23.7 Å². The van der Waals surface area contributed by atoms with Crippen molar-refractivity contribution in [3.8, 4) is 11.5 Å².